The van der Waals surface area contributed by atoms with Gasteiger partial charge in [0.05, 0.1) is 35.0 Å². The van der Waals surface area contributed by atoms with Crippen molar-refractivity contribution in [3.63, 3.8) is 0 Å². The van der Waals surface area contributed by atoms with Crippen LogP contribution in [-0.2, 0) is 4.79 Å². The number of phenols is 1. The summed E-state index contributed by atoms with van der Waals surface area (Å²) in [6, 6.07) is 15.5. The number of halogens is 1. The number of benzene rings is 2. The van der Waals surface area contributed by atoms with E-state index in [1.807, 2.05) is 43.3 Å². The second kappa shape index (κ2) is 9.44. The monoisotopic (exact) mass is 506 g/mol. The molecule has 0 bridgehead atoms. The Kier molecular flexibility index (Phi) is 5.80. The number of amides is 1. The molecule has 0 spiro atoms. The van der Waals surface area contributed by atoms with E-state index in [4.69, 9.17) is 0 Å². The van der Waals surface area contributed by atoms with E-state index in [0.29, 0.717) is 29.1 Å². The summed E-state index contributed by atoms with van der Waals surface area (Å²) in [5.74, 6) is -0.692. The van der Waals surface area contributed by atoms with Gasteiger partial charge in [0.1, 0.15) is 17.3 Å². The van der Waals surface area contributed by atoms with E-state index >= 15 is 0 Å². The molecule has 1 amide bonds. The third-order valence-corrected chi connectivity index (χ3v) is 6.35. The molecule has 0 aliphatic rings. The summed E-state index contributed by atoms with van der Waals surface area (Å²) in [5, 5.41) is 22.1. The predicted octanol–water partition coefficient (Wildman–Crippen LogP) is 6.42. The fourth-order valence-corrected chi connectivity index (χ4v) is 4.64. The Balaban J connectivity index is 1.41. The topological polar surface area (TPSA) is 120 Å². The van der Waals surface area contributed by atoms with Gasteiger partial charge in [-0.1, -0.05) is 19.1 Å². The first-order valence-electron chi connectivity index (χ1n) is 12.2. The van der Waals surface area contributed by atoms with E-state index in [-0.39, 0.29) is 11.7 Å². The molecule has 38 heavy (non-hydrogen) atoms. The van der Waals surface area contributed by atoms with Gasteiger partial charge in [0, 0.05) is 40.5 Å². The largest absolute Gasteiger partial charge is 0.508 e. The highest BCUT2D eigenvalue weighted by atomic mass is 19.1. The summed E-state index contributed by atoms with van der Waals surface area (Å²) < 4.78 is 14.0. The van der Waals surface area contributed by atoms with Gasteiger partial charge < -0.3 is 15.4 Å². The number of carbonyl (C=O) groups is 1. The highest BCUT2D eigenvalue weighted by molar-refractivity contribution is 6.01. The number of anilines is 1. The van der Waals surface area contributed by atoms with Gasteiger partial charge in [0.2, 0.25) is 5.91 Å². The van der Waals surface area contributed by atoms with Crippen molar-refractivity contribution in [1.29, 1.82) is 0 Å². The first kappa shape index (κ1) is 23.4. The first-order chi connectivity index (χ1) is 18.5. The summed E-state index contributed by atoms with van der Waals surface area (Å²) in [6.45, 7) is 1.95. The van der Waals surface area contributed by atoms with E-state index < -0.39 is 5.82 Å². The predicted molar refractivity (Wildman–Crippen MR) is 145 cm³/mol. The van der Waals surface area contributed by atoms with Gasteiger partial charge in [0.25, 0.3) is 0 Å². The Hall–Kier alpha value is -5.05. The van der Waals surface area contributed by atoms with E-state index in [1.54, 1.807) is 24.7 Å². The number of carbonyl (C=O) groups excluding carboxylic acids is 1. The molecule has 4 heterocycles. The number of nitrogens with zero attached hydrogens (tertiary/aromatic N) is 3. The number of aromatic amines is 2. The zero-order valence-corrected chi connectivity index (χ0v) is 20.4. The molecule has 9 heteroatoms. The molecule has 188 valence electrons. The number of H-pyrrole nitrogens is 2. The maximum Gasteiger partial charge on any atom is 0.224 e. The van der Waals surface area contributed by atoms with Crippen molar-refractivity contribution >= 4 is 33.4 Å². The molecule has 0 aliphatic carbocycles. The fourth-order valence-electron chi connectivity index (χ4n) is 4.64. The van der Waals surface area contributed by atoms with Crippen molar-refractivity contribution in [2.75, 3.05) is 5.32 Å². The summed E-state index contributed by atoms with van der Waals surface area (Å²) in [6.07, 6.45) is 6.24. The van der Waals surface area contributed by atoms with Gasteiger partial charge in [-0.05, 0) is 53.9 Å². The van der Waals surface area contributed by atoms with Crippen LogP contribution in [0, 0.1) is 5.82 Å². The minimum absolute atomic E-state index is 0.0568. The maximum absolute atomic E-state index is 14.0. The van der Waals surface area contributed by atoms with E-state index in [1.165, 1.54) is 6.07 Å². The number of fused-ring (bicyclic) bond motifs is 2. The fraction of sp³-hybridized carbons (Fsp3) is 0.103. The zero-order valence-electron chi connectivity index (χ0n) is 20.4. The van der Waals surface area contributed by atoms with Crippen molar-refractivity contribution < 1.29 is 14.3 Å². The van der Waals surface area contributed by atoms with Gasteiger partial charge in [-0.2, -0.15) is 5.10 Å². The van der Waals surface area contributed by atoms with Crippen molar-refractivity contribution in [2.24, 2.45) is 0 Å². The van der Waals surface area contributed by atoms with Crippen molar-refractivity contribution in [3.05, 3.63) is 79.0 Å². The van der Waals surface area contributed by atoms with Crippen LogP contribution in [0.3, 0.4) is 0 Å². The molecule has 8 nitrogen and oxygen atoms in total. The lowest BCUT2D eigenvalue weighted by atomic mass is 10.0. The SMILES string of the molecule is CCCC(=O)Nc1cncc(-c2cc3c(-c4cc5c(-c6cc(O)cc(F)c6)cccc5[nH]4)n[nH]c3cn2)c1. The van der Waals surface area contributed by atoms with E-state index in [9.17, 15) is 14.3 Å². The average molecular weight is 507 g/mol. The summed E-state index contributed by atoms with van der Waals surface area (Å²) >= 11 is 0. The minimum atomic E-state index is -0.505. The van der Waals surface area contributed by atoms with Gasteiger partial charge >= 0.3 is 0 Å². The average Bonchev–Trinajstić information content (AvgIpc) is 3.52. The highest BCUT2D eigenvalue weighted by Crippen LogP contribution is 2.36. The molecule has 0 unspecified atom stereocenters. The van der Waals surface area contributed by atoms with Crippen LogP contribution in [0.1, 0.15) is 19.8 Å². The first-order valence-corrected chi connectivity index (χ1v) is 12.2. The third-order valence-electron chi connectivity index (χ3n) is 6.35. The number of aromatic hydroxyl groups is 1. The van der Waals surface area contributed by atoms with Crippen LogP contribution in [0.5, 0.6) is 5.75 Å². The van der Waals surface area contributed by atoms with Crippen LogP contribution in [0.4, 0.5) is 10.1 Å². The zero-order chi connectivity index (χ0) is 26.2. The number of rotatable bonds is 6. The molecule has 4 N–H and O–H groups in total. The smallest absolute Gasteiger partial charge is 0.224 e. The molecule has 2 aromatic carbocycles. The van der Waals surface area contributed by atoms with Crippen LogP contribution in [-0.4, -0.2) is 36.2 Å². The minimum Gasteiger partial charge on any atom is -0.508 e. The van der Waals surface area contributed by atoms with Crippen molar-refractivity contribution in [2.45, 2.75) is 19.8 Å². The Bertz CT molecular complexity index is 1800. The molecule has 0 aliphatic heterocycles. The van der Waals surface area contributed by atoms with Crippen LogP contribution >= 0.6 is 0 Å². The molecule has 0 saturated carbocycles. The number of aromatic nitrogens is 5. The lowest BCUT2D eigenvalue weighted by Crippen LogP contribution is -2.10. The number of hydrogen-bond acceptors (Lipinski definition) is 5. The van der Waals surface area contributed by atoms with Crippen molar-refractivity contribution in [3.8, 4) is 39.5 Å². The summed E-state index contributed by atoms with van der Waals surface area (Å²) in [4.78, 5) is 24.3. The summed E-state index contributed by atoms with van der Waals surface area (Å²) in [5.41, 5.74) is 6.52. The van der Waals surface area contributed by atoms with Crippen molar-refractivity contribution in [1.82, 2.24) is 25.1 Å². The Morgan fingerprint density at radius 2 is 1.89 bits per heavy atom. The van der Waals surface area contributed by atoms with Crippen LogP contribution in [0.25, 0.3) is 55.6 Å². The molecular weight excluding hydrogens is 483 g/mol. The number of pyridine rings is 2. The maximum atomic E-state index is 14.0. The second-order valence-electron chi connectivity index (χ2n) is 9.10. The Morgan fingerprint density at radius 3 is 2.74 bits per heavy atom. The van der Waals surface area contributed by atoms with E-state index in [0.717, 1.165) is 51.1 Å². The lowest BCUT2D eigenvalue weighted by Gasteiger charge is -2.06. The lowest BCUT2D eigenvalue weighted by molar-refractivity contribution is -0.116. The second-order valence-corrected chi connectivity index (χ2v) is 9.10. The Morgan fingerprint density at radius 1 is 1.00 bits per heavy atom. The van der Waals surface area contributed by atoms with Gasteiger partial charge in [-0.15, -0.1) is 0 Å². The molecule has 6 rings (SSSR count). The quantitative estimate of drug-likeness (QED) is 0.208. The molecule has 0 fully saturated rings. The molecule has 0 saturated heterocycles. The van der Waals surface area contributed by atoms with E-state index in [2.05, 4.69) is 30.5 Å². The third kappa shape index (κ3) is 4.34. The number of nitrogens with one attached hydrogen (secondary N) is 3. The number of hydrogen-bond donors (Lipinski definition) is 4. The molecule has 0 atom stereocenters. The van der Waals surface area contributed by atoms with Gasteiger partial charge in [-0.25, -0.2) is 4.39 Å². The molecule has 4 aromatic heterocycles. The van der Waals surface area contributed by atoms with Gasteiger partial charge in [-0.3, -0.25) is 19.9 Å². The molecular formula is C29H23FN6O2. The Labute approximate surface area is 216 Å². The van der Waals surface area contributed by atoms with Gasteiger partial charge in [0.15, 0.2) is 0 Å². The number of phenolic OH excluding ortho intramolecular Hbond substituents is 1. The molecule has 6 aromatic rings. The summed E-state index contributed by atoms with van der Waals surface area (Å²) in [7, 11) is 0. The van der Waals surface area contributed by atoms with Crippen LogP contribution < -0.4 is 5.32 Å². The van der Waals surface area contributed by atoms with Crippen LogP contribution in [0.15, 0.2) is 73.2 Å². The highest BCUT2D eigenvalue weighted by Gasteiger charge is 2.16. The normalized spacial score (nSPS) is 11.3. The van der Waals surface area contributed by atoms with Crippen LogP contribution in [0.2, 0.25) is 0 Å². The standard InChI is InChI=1S/C29H23FN6O2/c1-2-4-28(38)33-19-8-17(13-31-14-19)25-12-23-27(15-32-25)35-36-29(23)26-11-22-21(5-3-6-24(22)34-26)16-7-18(30)10-20(37)9-16/h3,5-15,34,37H,2,4H2,1H3,(H,33,38)(H,35,36). The molecule has 0 radical (unpaired) electrons.